The summed E-state index contributed by atoms with van der Waals surface area (Å²) in [5.41, 5.74) is 5.49. The molecule has 2 aromatic carbocycles. The Labute approximate surface area is 274 Å². The van der Waals surface area contributed by atoms with Gasteiger partial charge in [-0.2, -0.15) is 0 Å². The van der Waals surface area contributed by atoms with Gasteiger partial charge in [0.1, 0.15) is 22.8 Å². The molecule has 4 atom stereocenters. The number of Topliss-reactive ketones (excluding diaryl/α,β-unsaturated/α-hetero) is 2. The highest BCUT2D eigenvalue weighted by atomic mass is 16.3. The van der Waals surface area contributed by atoms with Gasteiger partial charge in [-0.05, 0) is 62.7 Å². The van der Waals surface area contributed by atoms with Gasteiger partial charge in [-0.15, -0.1) is 0 Å². The fourth-order valence-corrected chi connectivity index (χ4v) is 7.96. The number of nitrogens with zero attached hydrogens (tertiary/aromatic N) is 4. The third kappa shape index (κ3) is 5.10. The van der Waals surface area contributed by atoms with Gasteiger partial charge in [0.05, 0.1) is 11.6 Å². The maximum Gasteiger partial charge on any atom is 0.255 e. The number of fused-ring (bicyclic) bond motifs is 3. The van der Waals surface area contributed by atoms with Crippen LogP contribution in [0, 0.1) is 11.8 Å². The topological polar surface area (TPSA) is 171 Å². The monoisotopic (exact) mass is 645 g/mol. The van der Waals surface area contributed by atoms with Crippen molar-refractivity contribution in [3.05, 3.63) is 63.9 Å². The Morgan fingerprint density at radius 2 is 1.66 bits per heavy atom. The number of piperazine rings is 1. The first kappa shape index (κ1) is 32.7. The van der Waals surface area contributed by atoms with Crippen LogP contribution in [0.5, 0.6) is 5.75 Å². The van der Waals surface area contributed by atoms with E-state index < -0.39 is 58.0 Å². The van der Waals surface area contributed by atoms with E-state index in [-0.39, 0.29) is 29.7 Å². The summed E-state index contributed by atoms with van der Waals surface area (Å²) in [5, 5.41) is 46.6. The molecular formula is C35H43N5O7. The molecular weight excluding hydrogens is 602 g/mol. The quantitative estimate of drug-likeness (QED) is 0.288. The Hall–Kier alpha value is -4.23. The maximum atomic E-state index is 14.3. The molecule has 1 saturated heterocycles. The molecule has 12 nitrogen and oxygen atoms in total. The predicted octanol–water partition coefficient (Wildman–Crippen LogP) is 1.44. The molecule has 250 valence electrons. The fraction of sp³-hybridized carbons (Fsp3) is 0.457. The molecule has 1 aliphatic heterocycles. The third-order valence-corrected chi connectivity index (χ3v) is 10.4. The van der Waals surface area contributed by atoms with E-state index in [9.17, 15) is 34.8 Å². The van der Waals surface area contributed by atoms with Crippen molar-refractivity contribution in [3.8, 4) is 16.9 Å². The normalized spacial score (nSPS) is 26.7. The van der Waals surface area contributed by atoms with Crippen molar-refractivity contribution in [2.45, 2.75) is 31.0 Å². The second kappa shape index (κ2) is 11.8. The van der Waals surface area contributed by atoms with Crippen LogP contribution in [0.1, 0.15) is 23.1 Å². The van der Waals surface area contributed by atoms with Crippen molar-refractivity contribution >= 4 is 28.9 Å². The first-order valence-corrected chi connectivity index (χ1v) is 15.9. The van der Waals surface area contributed by atoms with Crippen LogP contribution in [-0.4, -0.2) is 126 Å². The number of primary amides is 1. The standard InChI is InChI=1S/C35H43N5O7/c1-37(2)24-16-21(19-8-6-18(7-9-19)17-40-12-10-39(5)11-13-40)29(41)26-22(24)14-20-15-23-28(38(3)4)31(43)27(34(36)46)33(45)35(23,47)32(44)25(20)30(26)42/h6-9,16,20,23,28,41-42,45,47H,10-15,17H2,1-5H3,(H2,36,46)/t20-,23-,28-,35-/m0/s1. The number of benzene rings is 2. The van der Waals surface area contributed by atoms with Crippen molar-refractivity contribution in [1.29, 1.82) is 0 Å². The first-order chi connectivity index (χ1) is 22.2. The lowest BCUT2D eigenvalue weighted by Crippen LogP contribution is -2.65. The number of carbonyl (C=O) groups excluding carboxylic acids is 3. The van der Waals surface area contributed by atoms with Crippen LogP contribution in [0.25, 0.3) is 16.9 Å². The van der Waals surface area contributed by atoms with Gasteiger partial charge in [0, 0.05) is 69.6 Å². The molecule has 6 rings (SSSR count). The number of rotatable bonds is 6. The molecule has 0 unspecified atom stereocenters. The van der Waals surface area contributed by atoms with Gasteiger partial charge in [-0.1, -0.05) is 24.3 Å². The molecule has 12 heteroatoms. The Morgan fingerprint density at radius 1 is 1.02 bits per heavy atom. The highest BCUT2D eigenvalue weighted by Gasteiger charge is 2.64. The molecule has 0 bridgehead atoms. The number of hydrogen-bond donors (Lipinski definition) is 5. The molecule has 0 radical (unpaired) electrons. The highest BCUT2D eigenvalue weighted by molar-refractivity contribution is 6.24. The SMILES string of the molecule is CN1CCN(Cc2ccc(-c3cc(N(C)C)c4c(c3O)C(O)=C3C(=O)[C@]5(O)C(O)=C(C(N)=O)C(=O)[C@@H](N(C)C)[C@@H]5C[C@@H]3C4)cc2)CC1. The molecule has 0 spiro atoms. The zero-order valence-corrected chi connectivity index (χ0v) is 27.4. The van der Waals surface area contributed by atoms with Crippen LogP contribution >= 0.6 is 0 Å². The minimum absolute atomic E-state index is 0.0376. The van der Waals surface area contributed by atoms with E-state index >= 15 is 0 Å². The summed E-state index contributed by atoms with van der Waals surface area (Å²) in [5.74, 6) is -6.65. The Bertz CT molecular complexity index is 1720. The lowest BCUT2D eigenvalue weighted by atomic mass is 9.57. The first-order valence-electron chi connectivity index (χ1n) is 15.9. The number of amides is 1. The van der Waals surface area contributed by atoms with E-state index in [1.165, 1.54) is 4.90 Å². The zero-order valence-electron chi connectivity index (χ0n) is 27.4. The number of aliphatic hydroxyl groups is 3. The van der Waals surface area contributed by atoms with E-state index in [4.69, 9.17) is 5.73 Å². The predicted molar refractivity (Wildman–Crippen MR) is 177 cm³/mol. The molecule has 2 fully saturated rings. The van der Waals surface area contributed by atoms with E-state index in [1.54, 1.807) is 14.1 Å². The Balaban J connectivity index is 1.44. The summed E-state index contributed by atoms with van der Waals surface area (Å²) in [6, 6.07) is 8.63. The second-order valence-corrected chi connectivity index (χ2v) is 13.8. The molecule has 3 aliphatic carbocycles. The summed E-state index contributed by atoms with van der Waals surface area (Å²) in [6.45, 7) is 4.83. The van der Waals surface area contributed by atoms with Gasteiger partial charge >= 0.3 is 0 Å². The zero-order chi connectivity index (χ0) is 34.1. The number of likely N-dealkylation sites (N-methyl/N-ethyl adjacent to an activating group) is 2. The van der Waals surface area contributed by atoms with E-state index in [0.717, 1.165) is 49.5 Å². The van der Waals surface area contributed by atoms with E-state index in [0.29, 0.717) is 11.1 Å². The van der Waals surface area contributed by atoms with E-state index in [1.807, 2.05) is 49.3 Å². The summed E-state index contributed by atoms with van der Waals surface area (Å²) in [4.78, 5) is 47.9. The summed E-state index contributed by atoms with van der Waals surface area (Å²) in [7, 11) is 8.99. The minimum Gasteiger partial charge on any atom is -0.508 e. The smallest absolute Gasteiger partial charge is 0.255 e. The van der Waals surface area contributed by atoms with Gasteiger partial charge in [0.25, 0.3) is 5.91 Å². The van der Waals surface area contributed by atoms with Crippen molar-refractivity contribution in [2.24, 2.45) is 17.6 Å². The maximum absolute atomic E-state index is 14.3. The number of phenols is 1. The van der Waals surface area contributed by atoms with E-state index in [2.05, 4.69) is 16.8 Å². The van der Waals surface area contributed by atoms with Crippen LogP contribution in [0.4, 0.5) is 5.69 Å². The average molecular weight is 646 g/mol. The number of hydrogen-bond acceptors (Lipinski definition) is 11. The van der Waals surface area contributed by atoms with Gasteiger partial charge < -0.3 is 36.0 Å². The molecule has 1 saturated carbocycles. The van der Waals surface area contributed by atoms with Crippen molar-refractivity contribution in [2.75, 3.05) is 66.3 Å². The van der Waals surface area contributed by atoms with Gasteiger partial charge in [-0.3, -0.25) is 24.2 Å². The summed E-state index contributed by atoms with van der Waals surface area (Å²) in [6.07, 6.45) is 0.260. The van der Waals surface area contributed by atoms with Gasteiger partial charge in [-0.25, -0.2) is 0 Å². The Morgan fingerprint density at radius 3 is 2.23 bits per heavy atom. The molecule has 0 aromatic heterocycles. The largest absolute Gasteiger partial charge is 0.508 e. The Kier molecular flexibility index (Phi) is 8.20. The van der Waals surface area contributed by atoms with Crippen molar-refractivity contribution in [1.82, 2.24) is 14.7 Å². The number of anilines is 1. The summed E-state index contributed by atoms with van der Waals surface area (Å²) < 4.78 is 0. The number of carbonyl (C=O) groups is 3. The van der Waals surface area contributed by atoms with Crippen molar-refractivity contribution in [3.63, 3.8) is 0 Å². The molecule has 1 amide bonds. The molecule has 47 heavy (non-hydrogen) atoms. The van der Waals surface area contributed by atoms with Crippen molar-refractivity contribution < 1.29 is 34.8 Å². The van der Waals surface area contributed by atoms with Crippen LogP contribution in [-0.2, 0) is 27.3 Å². The lowest BCUT2D eigenvalue weighted by molar-refractivity contribution is -0.153. The number of aromatic hydroxyl groups is 1. The van der Waals surface area contributed by atoms with Gasteiger partial charge in [0.15, 0.2) is 11.4 Å². The van der Waals surface area contributed by atoms with Crippen LogP contribution in [0.3, 0.4) is 0 Å². The van der Waals surface area contributed by atoms with Gasteiger partial charge in [0.2, 0.25) is 5.78 Å². The lowest BCUT2D eigenvalue weighted by Gasteiger charge is -2.50. The average Bonchev–Trinajstić information content (AvgIpc) is 3.00. The molecule has 2 aromatic rings. The minimum atomic E-state index is -2.68. The third-order valence-electron chi connectivity index (χ3n) is 10.4. The number of nitrogens with two attached hydrogens (primary N) is 1. The summed E-state index contributed by atoms with van der Waals surface area (Å²) >= 11 is 0. The van der Waals surface area contributed by atoms with Crippen LogP contribution in [0.2, 0.25) is 0 Å². The number of phenolic OH excluding ortho intramolecular Hbond substituents is 1. The fourth-order valence-electron chi connectivity index (χ4n) is 7.96. The second-order valence-electron chi connectivity index (χ2n) is 13.8. The highest BCUT2D eigenvalue weighted by Crippen LogP contribution is 2.55. The number of aliphatic hydroxyl groups excluding tert-OH is 2. The number of ketones is 2. The molecule has 1 heterocycles. The van der Waals surface area contributed by atoms with Crippen LogP contribution in [0.15, 0.2) is 47.2 Å². The van der Waals surface area contributed by atoms with Crippen LogP contribution < -0.4 is 10.6 Å². The molecule has 4 aliphatic rings. The molecule has 6 N–H and O–H groups in total.